The van der Waals surface area contributed by atoms with Crippen LogP contribution in [-0.2, 0) is 13.1 Å². The average Bonchev–Trinajstić information content (AvgIpc) is 2.78. The van der Waals surface area contributed by atoms with Crippen LogP contribution in [0.2, 0.25) is 0 Å². The number of rotatable bonds is 7. The van der Waals surface area contributed by atoms with Crippen LogP contribution in [0, 0.1) is 0 Å². The van der Waals surface area contributed by atoms with Crippen LogP contribution >= 0.6 is 0 Å². The Morgan fingerprint density at radius 3 is 1.27 bits per heavy atom. The summed E-state index contributed by atoms with van der Waals surface area (Å²) < 4.78 is 0. The van der Waals surface area contributed by atoms with Gasteiger partial charge in [0.15, 0.2) is 0 Å². The monoisotopic (exact) mass is 396 g/mol. The highest BCUT2D eigenvalue weighted by atomic mass is 16.3. The lowest BCUT2D eigenvalue weighted by Gasteiger charge is -2.17. The van der Waals surface area contributed by atoms with Crippen LogP contribution in [-0.4, -0.2) is 10.2 Å². The zero-order valence-electron chi connectivity index (χ0n) is 16.5. The van der Waals surface area contributed by atoms with Crippen molar-refractivity contribution in [1.82, 2.24) is 0 Å². The van der Waals surface area contributed by atoms with Crippen LogP contribution in [0.5, 0.6) is 11.5 Å². The van der Waals surface area contributed by atoms with Crippen molar-refractivity contribution < 1.29 is 10.2 Å². The van der Waals surface area contributed by atoms with E-state index in [1.165, 1.54) is 0 Å². The van der Waals surface area contributed by atoms with Gasteiger partial charge >= 0.3 is 0 Å². The third-order valence-electron chi connectivity index (χ3n) is 5.07. The number of hydrogen-bond donors (Lipinski definition) is 4. The molecule has 0 aliphatic carbocycles. The molecule has 0 atom stereocenters. The number of nitrogens with one attached hydrogen (secondary N) is 2. The maximum atomic E-state index is 10.0. The van der Waals surface area contributed by atoms with Gasteiger partial charge in [-0.25, -0.2) is 0 Å². The van der Waals surface area contributed by atoms with Crippen LogP contribution in [0.1, 0.15) is 11.1 Å². The fourth-order valence-corrected chi connectivity index (χ4v) is 3.45. The van der Waals surface area contributed by atoms with Crippen molar-refractivity contribution in [3.63, 3.8) is 0 Å². The van der Waals surface area contributed by atoms with Crippen molar-refractivity contribution in [2.24, 2.45) is 0 Å². The minimum absolute atomic E-state index is 0.284. The fourth-order valence-electron chi connectivity index (χ4n) is 3.45. The second kappa shape index (κ2) is 9.05. The number of para-hydroxylation sites is 4. The average molecular weight is 396 g/mol. The van der Waals surface area contributed by atoms with E-state index in [2.05, 4.69) is 22.8 Å². The van der Waals surface area contributed by atoms with E-state index in [4.69, 9.17) is 0 Å². The van der Waals surface area contributed by atoms with Gasteiger partial charge in [0, 0.05) is 46.7 Å². The summed E-state index contributed by atoms with van der Waals surface area (Å²) in [4.78, 5) is 0. The molecule has 4 aromatic rings. The molecule has 0 fully saturated rings. The van der Waals surface area contributed by atoms with Gasteiger partial charge < -0.3 is 20.8 Å². The third kappa shape index (κ3) is 4.39. The highest BCUT2D eigenvalue weighted by Crippen LogP contribution is 2.34. The van der Waals surface area contributed by atoms with Gasteiger partial charge in [-0.1, -0.05) is 72.8 Å². The van der Waals surface area contributed by atoms with Gasteiger partial charge in [0.1, 0.15) is 11.5 Å². The van der Waals surface area contributed by atoms with Crippen LogP contribution < -0.4 is 10.6 Å². The van der Waals surface area contributed by atoms with Crippen molar-refractivity contribution in [3.05, 3.63) is 108 Å². The Balaban J connectivity index is 1.59. The predicted octanol–water partition coefficient (Wildman–Crippen LogP) is 5.99. The molecule has 0 radical (unpaired) electrons. The standard InChI is InChI=1S/C26H24N2O2/c29-25-15-7-1-9-19(25)17-27-23-13-5-3-11-21(23)22-12-4-6-14-24(22)28-18-20-10-2-8-16-26(20)30/h1-16,27-30H,17-18H2. The highest BCUT2D eigenvalue weighted by molar-refractivity contribution is 5.86. The lowest BCUT2D eigenvalue weighted by molar-refractivity contribution is 0.468. The second-order valence-corrected chi connectivity index (χ2v) is 7.06. The first kappa shape index (κ1) is 19.4. The summed E-state index contributed by atoms with van der Waals surface area (Å²) in [6.45, 7) is 1.05. The minimum Gasteiger partial charge on any atom is -0.508 e. The molecule has 0 saturated heterocycles. The van der Waals surface area contributed by atoms with Crippen molar-refractivity contribution >= 4 is 11.4 Å². The lowest BCUT2D eigenvalue weighted by Crippen LogP contribution is -2.04. The maximum Gasteiger partial charge on any atom is 0.120 e. The van der Waals surface area contributed by atoms with Crippen LogP contribution in [0.25, 0.3) is 11.1 Å². The third-order valence-corrected chi connectivity index (χ3v) is 5.07. The number of hydrogen-bond acceptors (Lipinski definition) is 4. The van der Waals surface area contributed by atoms with Gasteiger partial charge in [-0.15, -0.1) is 0 Å². The molecular weight excluding hydrogens is 372 g/mol. The van der Waals surface area contributed by atoms with E-state index in [1.54, 1.807) is 12.1 Å². The Bertz CT molecular complexity index is 1050. The Hall–Kier alpha value is -3.92. The highest BCUT2D eigenvalue weighted by Gasteiger charge is 2.10. The van der Waals surface area contributed by atoms with Crippen LogP contribution in [0.3, 0.4) is 0 Å². The van der Waals surface area contributed by atoms with Gasteiger partial charge in [0.2, 0.25) is 0 Å². The number of phenols is 2. The molecule has 4 nitrogen and oxygen atoms in total. The van der Waals surface area contributed by atoms with Crippen molar-refractivity contribution in [1.29, 1.82) is 0 Å². The molecular formula is C26H24N2O2. The van der Waals surface area contributed by atoms with Crippen molar-refractivity contribution in [3.8, 4) is 22.6 Å². The lowest BCUT2D eigenvalue weighted by atomic mass is 10.0. The van der Waals surface area contributed by atoms with Gasteiger partial charge in [-0.3, -0.25) is 0 Å². The second-order valence-electron chi connectivity index (χ2n) is 7.06. The molecule has 0 amide bonds. The van der Waals surface area contributed by atoms with Crippen molar-refractivity contribution in [2.45, 2.75) is 13.1 Å². The molecule has 4 rings (SSSR count). The Kier molecular flexibility index (Phi) is 5.85. The SMILES string of the molecule is Oc1ccccc1CNc1ccccc1-c1ccccc1NCc1ccccc1O. The summed E-state index contributed by atoms with van der Waals surface area (Å²) in [6.07, 6.45) is 0. The molecule has 0 heterocycles. The van der Waals surface area contributed by atoms with E-state index in [1.807, 2.05) is 72.8 Å². The largest absolute Gasteiger partial charge is 0.508 e. The van der Waals surface area contributed by atoms with Crippen LogP contribution in [0.15, 0.2) is 97.1 Å². The van der Waals surface area contributed by atoms with Crippen LogP contribution in [0.4, 0.5) is 11.4 Å². The first-order chi connectivity index (χ1) is 14.7. The first-order valence-electron chi connectivity index (χ1n) is 9.92. The molecule has 4 N–H and O–H groups in total. The van der Waals surface area contributed by atoms with Gasteiger partial charge in [0.25, 0.3) is 0 Å². The molecule has 0 aliphatic rings. The quantitative estimate of drug-likeness (QED) is 0.310. The van der Waals surface area contributed by atoms with E-state index in [0.29, 0.717) is 13.1 Å². The Labute approximate surface area is 176 Å². The Morgan fingerprint density at radius 2 is 0.833 bits per heavy atom. The molecule has 4 aromatic carbocycles. The minimum atomic E-state index is 0.284. The van der Waals surface area contributed by atoms with E-state index in [0.717, 1.165) is 33.6 Å². The topological polar surface area (TPSA) is 64.5 Å². The first-order valence-corrected chi connectivity index (χ1v) is 9.92. The smallest absolute Gasteiger partial charge is 0.120 e. The number of benzene rings is 4. The molecule has 0 unspecified atom stereocenters. The van der Waals surface area contributed by atoms with Gasteiger partial charge in [0.05, 0.1) is 0 Å². The molecule has 4 heteroatoms. The zero-order chi connectivity index (χ0) is 20.8. The zero-order valence-corrected chi connectivity index (χ0v) is 16.5. The molecule has 30 heavy (non-hydrogen) atoms. The summed E-state index contributed by atoms with van der Waals surface area (Å²) in [7, 11) is 0. The van der Waals surface area contributed by atoms with Gasteiger partial charge in [-0.2, -0.15) is 0 Å². The van der Waals surface area contributed by atoms with E-state index < -0.39 is 0 Å². The van der Waals surface area contributed by atoms with E-state index in [-0.39, 0.29) is 11.5 Å². The summed E-state index contributed by atoms with van der Waals surface area (Å²) in [5.74, 6) is 0.569. The maximum absolute atomic E-state index is 10.0. The van der Waals surface area contributed by atoms with E-state index in [9.17, 15) is 10.2 Å². The molecule has 0 saturated carbocycles. The Morgan fingerprint density at radius 1 is 0.467 bits per heavy atom. The molecule has 0 spiro atoms. The number of aromatic hydroxyl groups is 2. The fraction of sp³-hybridized carbons (Fsp3) is 0.0769. The summed E-state index contributed by atoms with van der Waals surface area (Å²) in [5.41, 5.74) is 5.79. The molecule has 0 aliphatic heterocycles. The molecule has 0 aromatic heterocycles. The number of phenolic OH excluding ortho intramolecular Hbond substituents is 2. The van der Waals surface area contributed by atoms with Crippen molar-refractivity contribution in [2.75, 3.05) is 10.6 Å². The summed E-state index contributed by atoms with van der Waals surface area (Å²) in [6, 6.07) is 30.9. The normalized spacial score (nSPS) is 10.5. The van der Waals surface area contributed by atoms with E-state index >= 15 is 0 Å². The molecule has 0 bridgehead atoms. The summed E-state index contributed by atoms with van der Waals surface area (Å²) in [5, 5.41) is 27.0. The molecule has 150 valence electrons. The van der Waals surface area contributed by atoms with Gasteiger partial charge in [-0.05, 0) is 24.3 Å². The number of anilines is 2. The summed E-state index contributed by atoms with van der Waals surface area (Å²) >= 11 is 0. The predicted molar refractivity (Wildman–Crippen MR) is 123 cm³/mol.